The first-order valence-electron chi connectivity index (χ1n) is 9.80. The first kappa shape index (κ1) is 25.2. The molecule has 0 amide bonds. The minimum absolute atomic E-state index is 0. The van der Waals surface area contributed by atoms with E-state index in [1.807, 2.05) is 43.3 Å². The molecule has 2 rings (SSSR count). The standard InChI is InChI=1S/C23H33NO4.ClH/c1-5-22(26)18-8-12-21(13-9-18)28-16-19(25)15-24-23(2,3)14-17-6-10-20(27-4)11-7-17;/h6-13,19,22,24-26H,5,14-16H2,1-4H3;1H/t19-,22-;/m1./s1. The fraction of sp³-hybridized carbons (Fsp3) is 0.478. The van der Waals surface area contributed by atoms with Crippen molar-refractivity contribution in [1.82, 2.24) is 5.32 Å². The Morgan fingerprint density at radius 3 is 2.10 bits per heavy atom. The van der Waals surface area contributed by atoms with Crippen molar-refractivity contribution in [2.24, 2.45) is 0 Å². The molecule has 0 saturated heterocycles. The van der Waals surface area contributed by atoms with Crippen LogP contribution in [0.4, 0.5) is 0 Å². The third-order valence-corrected chi connectivity index (χ3v) is 4.72. The van der Waals surface area contributed by atoms with Gasteiger partial charge in [-0.1, -0.05) is 31.2 Å². The fourth-order valence-corrected chi connectivity index (χ4v) is 2.98. The summed E-state index contributed by atoms with van der Waals surface area (Å²) in [5, 5.41) is 23.5. The van der Waals surface area contributed by atoms with Gasteiger partial charge in [-0.05, 0) is 62.1 Å². The monoisotopic (exact) mass is 423 g/mol. The second-order valence-electron chi connectivity index (χ2n) is 7.75. The molecule has 0 aliphatic rings. The van der Waals surface area contributed by atoms with Crippen molar-refractivity contribution in [3.05, 3.63) is 59.7 Å². The maximum absolute atomic E-state index is 10.2. The molecule has 0 aromatic heterocycles. The lowest BCUT2D eigenvalue weighted by Gasteiger charge is -2.28. The van der Waals surface area contributed by atoms with Gasteiger partial charge in [0.2, 0.25) is 0 Å². The van der Waals surface area contributed by atoms with E-state index in [4.69, 9.17) is 9.47 Å². The molecule has 0 heterocycles. The number of methoxy groups -OCH3 is 1. The lowest BCUT2D eigenvalue weighted by atomic mass is 9.94. The van der Waals surface area contributed by atoms with E-state index < -0.39 is 12.2 Å². The molecule has 0 aliphatic carbocycles. The molecule has 0 radical (unpaired) electrons. The second-order valence-corrected chi connectivity index (χ2v) is 7.75. The van der Waals surface area contributed by atoms with Gasteiger partial charge in [0.25, 0.3) is 0 Å². The van der Waals surface area contributed by atoms with Crippen LogP contribution >= 0.6 is 12.4 Å². The molecule has 162 valence electrons. The minimum Gasteiger partial charge on any atom is -0.497 e. The van der Waals surface area contributed by atoms with E-state index in [2.05, 4.69) is 31.3 Å². The van der Waals surface area contributed by atoms with Gasteiger partial charge >= 0.3 is 0 Å². The Labute approximate surface area is 180 Å². The average Bonchev–Trinajstić information content (AvgIpc) is 2.71. The lowest BCUT2D eigenvalue weighted by Crippen LogP contribution is -2.46. The normalized spacial score (nSPS) is 13.3. The van der Waals surface area contributed by atoms with E-state index in [-0.39, 0.29) is 24.6 Å². The van der Waals surface area contributed by atoms with E-state index in [0.717, 1.165) is 17.7 Å². The highest BCUT2D eigenvalue weighted by atomic mass is 35.5. The summed E-state index contributed by atoms with van der Waals surface area (Å²) in [6.07, 6.45) is 0.454. The third kappa shape index (κ3) is 8.62. The van der Waals surface area contributed by atoms with E-state index >= 15 is 0 Å². The third-order valence-electron chi connectivity index (χ3n) is 4.72. The Balaban J connectivity index is 0.00000420. The Morgan fingerprint density at radius 1 is 0.966 bits per heavy atom. The van der Waals surface area contributed by atoms with Crippen LogP contribution in [0, 0.1) is 0 Å². The van der Waals surface area contributed by atoms with Crippen LogP contribution in [0.25, 0.3) is 0 Å². The lowest BCUT2D eigenvalue weighted by molar-refractivity contribution is 0.0987. The Kier molecular flexibility index (Phi) is 10.5. The highest BCUT2D eigenvalue weighted by Crippen LogP contribution is 2.20. The van der Waals surface area contributed by atoms with Gasteiger partial charge in [0, 0.05) is 12.1 Å². The molecule has 6 heteroatoms. The number of halogens is 1. The van der Waals surface area contributed by atoms with Crippen LogP contribution in [-0.4, -0.2) is 42.1 Å². The van der Waals surface area contributed by atoms with Gasteiger partial charge in [-0.15, -0.1) is 12.4 Å². The van der Waals surface area contributed by atoms with E-state index in [0.29, 0.717) is 18.7 Å². The molecule has 2 aromatic rings. The average molecular weight is 424 g/mol. The molecule has 2 atom stereocenters. The maximum Gasteiger partial charge on any atom is 0.119 e. The summed E-state index contributed by atoms with van der Waals surface area (Å²) < 4.78 is 10.9. The van der Waals surface area contributed by atoms with Gasteiger partial charge < -0.3 is 25.0 Å². The van der Waals surface area contributed by atoms with Crippen molar-refractivity contribution in [3.63, 3.8) is 0 Å². The molecule has 5 nitrogen and oxygen atoms in total. The number of rotatable bonds is 11. The molecule has 0 bridgehead atoms. The predicted molar refractivity (Wildman–Crippen MR) is 119 cm³/mol. The van der Waals surface area contributed by atoms with Crippen molar-refractivity contribution in [2.75, 3.05) is 20.3 Å². The summed E-state index contributed by atoms with van der Waals surface area (Å²) in [6, 6.07) is 15.4. The molecule has 2 aromatic carbocycles. The molecular formula is C23H34ClNO4. The van der Waals surface area contributed by atoms with Crippen molar-refractivity contribution in [3.8, 4) is 11.5 Å². The number of nitrogens with one attached hydrogen (secondary N) is 1. The Hall–Kier alpha value is -1.79. The molecule has 0 unspecified atom stereocenters. The number of β-amino-alcohol motifs (C(OH)–C–C–N with tert-alkyl or cyclic N) is 1. The number of benzene rings is 2. The summed E-state index contributed by atoms with van der Waals surface area (Å²) in [5.74, 6) is 1.53. The van der Waals surface area contributed by atoms with Gasteiger partial charge in [0.15, 0.2) is 0 Å². The van der Waals surface area contributed by atoms with Gasteiger partial charge in [0.1, 0.15) is 24.2 Å². The maximum atomic E-state index is 10.2. The molecule has 0 spiro atoms. The number of hydrogen-bond acceptors (Lipinski definition) is 5. The highest BCUT2D eigenvalue weighted by molar-refractivity contribution is 5.85. The van der Waals surface area contributed by atoms with Crippen LogP contribution in [0.1, 0.15) is 44.4 Å². The number of hydrogen-bond donors (Lipinski definition) is 3. The van der Waals surface area contributed by atoms with Gasteiger partial charge in [-0.3, -0.25) is 0 Å². The topological polar surface area (TPSA) is 71.0 Å². The van der Waals surface area contributed by atoms with Crippen molar-refractivity contribution >= 4 is 12.4 Å². The summed E-state index contributed by atoms with van der Waals surface area (Å²) >= 11 is 0. The zero-order valence-electron chi connectivity index (χ0n) is 17.7. The van der Waals surface area contributed by atoms with Gasteiger partial charge in [-0.2, -0.15) is 0 Å². The zero-order chi connectivity index (χ0) is 20.6. The molecule has 0 fully saturated rings. The van der Waals surface area contributed by atoms with Crippen LogP contribution in [0.3, 0.4) is 0 Å². The van der Waals surface area contributed by atoms with Crippen LogP contribution in [0.2, 0.25) is 0 Å². The molecule has 3 N–H and O–H groups in total. The second kappa shape index (κ2) is 12.0. The molecule has 29 heavy (non-hydrogen) atoms. The summed E-state index contributed by atoms with van der Waals surface area (Å²) in [7, 11) is 1.66. The summed E-state index contributed by atoms with van der Waals surface area (Å²) in [5.41, 5.74) is 1.92. The van der Waals surface area contributed by atoms with E-state index in [1.54, 1.807) is 7.11 Å². The smallest absolute Gasteiger partial charge is 0.119 e. The largest absolute Gasteiger partial charge is 0.497 e. The molecule has 0 saturated carbocycles. The molecular weight excluding hydrogens is 390 g/mol. The summed E-state index contributed by atoms with van der Waals surface area (Å²) in [6.45, 7) is 6.82. The van der Waals surface area contributed by atoms with Crippen molar-refractivity contribution in [2.45, 2.75) is 51.4 Å². The zero-order valence-corrected chi connectivity index (χ0v) is 18.5. The number of ether oxygens (including phenoxy) is 2. The quantitative estimate of drug-likeness (QED) is 0.511. The van der Waals surface area contributed by atoms with E-state index in [1.165, 1.54) is 5.56 Å². The fourth-order valence-electron chi connectivity index (χ4n) is 2.98. The SMILES string of the molecule is CC[C@@H](O)c1ccc(OC[C@H](O)CNC(C)(C)Cc2ccc(OC)cc2)cc1.Cl. The predicted octanol–water partition coefficient (Wildman–Crippen LogP) is 3.91. The van der Waals surface area contributed by atoms with Crippen LogP contribution in [0.15, 0.2) is 48.5 Å². The van der Waals surface area contributed by atoms with Crippen LogP contribution < -0.4 is 14.8 Å². The highest BCUT2D eigenvalue weighted by Gasteiger charge is 2.19. The summed E-state index contributed by atoms with van der Waals surface area (Å²) in [4.78, 5) is 0. The van der Waals surface area contributed by atoms with Gasteiger partial charge in [-0.25, -0.2) is 0 Å². The van der Waals surface area contributed by atoms with E-state index in [9.17, 15) is 10.2 Å². The minimum atomic E-state index is -0.615. The van der Waals surface area contributed by atoms with Crippen LogP contribution in [0.5, 0.6) is 11.5 Å². The number of aliphatic hydroxyl groups excluding tert-OH is 2. The molecule has 0 aliphatic heterocycles. The Morgan fingerprint density at radius 2 is 1.55 bits per heavy atom. The van der Waals surface area contributed by atoms with Crippen molar-refractivity contribution in [1.29, 1.82) is 0 Å². The first-order chi connectivity index (χ1) is 13.3. The number of aliphatic hydroxyl groups is 2. The first-order valence-corrected chi connectivity index (χ1v) is 9.80. The van der Waals surface area contributed by atoms with Crippen molar-refractivity contribution < 1.29 is 19.7 Å². The van der Waals surface area contributed by atoms with Gasteiger partial charge in [0.05, 0.1) is 13.2 Å². The van der Waals surface area contributed by atoms with Crippen LogP contribution in [-0.2, 0) is 6.42 Å². The Bertz CT molecular complexity index is 704.